The van der Waals surface area contributed by atoms with Gasteiger partial charge in [0.15, 0.2) is 0 Å². The highest BCUT2D eigenvalue weighted by molar-refractivity contribution is 5.98. The van der Waals surface area contributed by atoms with E-state index in [2.05, 4.69) is 11.9 Å². The number of hydrogen-bond donors (Lipinski definition) is 2. The van der Waals surface area contributed by atoms with Crippen LogP contribution in [0, 0.1) is 0 Å². The number of carbonyl (C=O) groups excluding carboxylic acids is 1. The molecule has 3 nitrogen and oxygen atoms in total. The SMILES string of the molecule is C=CC(=O)Nc1ccc2c(c1)C(O)CCCC2. The van der Waals surface area contributed by atoms with E-state index in [0.717, 1.165) is 36.9 Å². The number of rotatable bonds is 2. The van der Waals surface area contributed by atoms with Gasteiger partial charge in [-0.3, -0.25) is 4.79 Å². The molecule has 0 radical (unpaired) electrons. The Kier molecular flexibility index (Phi) is 3.59. The molecule has 3 heteroatoms. The molecule has 0 heterocycles. The van der Waals surface area contributed by atoms with Crippen molar-refractivity contribution in [3.8, 4) is 0 Å². The molecule has 0 fully saturated rings. The van der Waals surface area contributed by atoms with Gasteiger partial charge < -0.3 is 10.4 Å². The van der Waals surface area contributed by atoms with Gasteiger partial charge >= 0.3 is 0 Å². The molecule has 0 aromatic heterocycles. The summed E-state index contributed by atoms with van der Waals surface area (Å²) in [6.45, 7) is 3.41. The predicted molar refractivity (Wildman–Crippen MR) is 67.8 cm³/mol. The van der Waals surface area contributed by atoms with E-state index >= 15 is 0 Å². The van der Waals surface area contributed by atoms with Crippen LogP contribution in [-0.2, 0) is 11.2 Å². The van der Waals surface area contributed by atoms with Crippen molar-refractivity contribution in [3.05, 3.63) is 42.0 Å². The smallest absolute Gasteiger partial charge is 0.247 e. The molecule has 2 rings (SSSR count). The monoisotopic (exact) mass is 231 g/mol. The van der Waals surface area contributed by atoms with Gasteiger partial charge in [-0.15, -0.1) is 0 Å². The van der Waals surface area contributed by atoms with Crippen LogP contribution in [0.4, 0.5) is 5.69 Å². The first kappa shape index (κ1) is 11.9. The van der Waals surface area contributed by atoms with Crippen LogP contribution in [0.2, 0.25) is 0 Å². The minimum atomic E-state index is -0.409. The number of aryl methyl sites for hydroxylation is 1. The fourth-order valence-corrected chi connectivity index (χ4v) is 2.21. The molecule has 2 N–H and O–H groups in total. The summed E-state index contributed by atoms with van der Waals surface area (Å²) in [5, 5.41) is 12.7. The lowest BCUT2D eigenvalue weighted by molar-refractivity contribution is -0.111. The third-order valence-electron chi connectivity index (χ3n) is 3.13. The van der Waals surface area contributed by atoms with E-state index in [1.165, 1.54) is 11.6 Å². The Hall–Kier alpha value is -1.61. The quantitative estimate of drug-likeness (QED) is 0.607. The molecular weight excluding hydrogens is 214 g/mol. The molecule has 1 aliphatic rings. The van der Waals surface area contributed by atoms with Crippen LogP contribution in [0.15, 0.2) is 30.9 Å². The molecule has 1 amide bonds. The number of amides is 1. The average Bonchev–Trinajstić information content (AvgIpc) is 2.52. The van der Waals surface area contributed by atoms with Crippen LogP contribution in [0.25, 0.3) is 0 Å². The second-order valence-electron chi connectivity index (χ2n) is 4.37. The lowest BCUT2D eigenvalue weighted by Gasteiger charge is -2.13. The first-order valence-corrected chi connectivity index (χ1v) is 5.95. The van der Waals surface area contributed by atoms with Crippen LogP contribution in [0.5, 0.6) is 0 Å². The van der Waals surface area contributed by atoms with Crippen molar-refractivity contribution in [2.24, 2.45) is 0 Å². The third kappa shape index (κ3) is 2.74. The Morgan fingerprint density at radius 3 is 3.06 bits per heavy atom. The number of hydrogen-bond acceptors (Lipinski definition) is 2. The Morgan fingerprint density at radius 1 is 1.47 bits per heavy atom. The van der Waals surface area contributed by atoms with Crippen molar-refractivity contribution in [3.63, 3.8) is 0 Å². The fourth-order valence-electron chi connectivity index (χ4n) is 2.21. The number of carbonyl (C=O) groups is 1. The summed E-state index contributed by atoms with van der Waals surface area (Å²) >= 11 is 0. The highest BCUT2D eigenvalue weighted by Crippen LogP contribution is 2.30. The van der Waals surface area contributed by atoms with E-state index in [9.17, 15) is 9.90 Å². The van der Waals surface area contributed by atoms with E-state index in [0.29, 0.717) is 0 Å². The first-order chi connectivity index (χ1) is 8.20. The van der Waals surface area contributed by atoms with Gasteiger partial charge in [-0.25, -0.2) is 0 Å². The van der Waals surface area contributed by atoms with Crippen molar-refractivity contribution >= 4 is 11.6 Å². The largest absolute Gasteiger partial charge is 0.388 e. The normalized spacial score (nSPS) is 19.0. The summed E-state index contributed by atoms with van der Waals surface area (Å²) < 4.78 is 0. The zero-order valence-electron chi connectivity index (χ0n) is 9.78. The van der Waals surface area contributed by atoms with Gasteiger partial charge in [0.05, 0.1) is 6.10 Å². The van der Waals surface area contributed by atoms with Gasteiger partial charge in [-0.2, -0.15) is 0 Å². The molecule has 1 unspecified atom stereocenters. The lowest BCUT2D eigenvalue weighted by Crippen LogP contribution is -2.08. The maximum absolute atomic E-state index is 11.2. The van der Waals surface area contributed by atoms with Crippen molar-refractivity contribution < 1.29 is 9.90 Å². The van der Waals surface area contributed by atoms with E-state index < -0.39 is 6.10 Å². The Morgan fingerprint density at radius 2 is 2.29 bits per heavy atom. The second-order valence-corrected chi connectivity index (χ2v) is 4.37. The minimum Gasteiger partial charge on any atom is -0.388 e. The topological polar surface area (TPSA) is 49.3 Å². The van der Waals surface area contributed by atoms with Crippen molar-refractivity contribution in [1.82, 2.24) is 0 Å². The van der Waals surface area contributed by atoms with E-state index in [-0.39, 0.29) is 5.91 Å². The van der Waals surface area contributed by atoms with Crippen LogP contribution < -0.4 is 5.32 Å². The Balaban J connectivity index is 2.28. The number of aliphatic hydroxyl groups is 1. The van der Waals surface area contributed by atoms with E-state index in [4.69, 9.17) is 0 Å². The first-order valence-electron chi connectivity index (χ1n) is 5.95. The molecule has 17 heavy (non-hydrogen) atoms. The van der Waals surface area contributed by atoms with Gasteiger partial charge in [0.1, 0.15) is 0 Å². The minimum absolute atomic E-state index is 0.229. The summed E-state index contributed by atoms with van der Waals surface area (Å²) in [7, 11) is 0. The molecule has 0 aliphatic heterocycles. The van der Waals surface area contributed by atoms with Gasteiger partial charge in [0.2, 0.25) is 5.91 Å². The summed E-state index contributed by atoms with van der Waals surface area (Å²) in [4.78, 5) is 11.2. The maximum Gasteiger partial charge on any atom is 0.247 e. The number of benzene rings is 1. The zero-order chi connectivity index (χ0) is 12.3. The fraction of sp³-hybridized carbons (Fsp3) is 0.357. The zero-order valence-corrected chi connectivity index (χ0v) is 9.78. The predicted octanol–water partition coefficient (Wildman–Crippen LogP) is 2.57. The lowest BCUT2D eigenvalue weighted by atomic mass is 10.0. The van der Waals surface area contributed by atoms with Gasteiger partial charge in [0, 0.05) is 5.69 Å². The Labute approximate surface area is 101 Å². The second kappa shape index (κ2) is 5.15. The summed E-state index contributed by atoms with van der Waals surface area (Å²) in [5.41, 5.74) is 2.85. The third-order valence-corrected chi connectivity index (χ3v) is 3.13. The van der Waals surface area contributed by atoms with Crippen molar-refractivity contribution in [2.45, 2.75) is 31.8 Å². The molecule has 1 aromatic carbocycles. The van der Waals surface area contributed by atoms with Gasteiger partial charge in [-0.05, 0) is 48.6 Å². The van der Waals surface area contributed by atoms with Gasteiger partial charge in [0.25, 0.3) is 0 Å². The average molecular weight is 231 g/mol. The summed E-state index contributed by atoms with van der Waals surface area (Å²) in [5.74, 6) is -0.229. The molecule has 1 aromatic rings. The molecule has 0 spiro atoms. The van der Waals surface area contributed by atoms with E-state index in [1.54, 1.807) is 0 Å². The summed E-state index contributed by atoms with van der Waals surface area (Å²) in [6.07, 6.45) is 4.79. The highest BCUT2D eigenvalue weighted by atomic mass is 16.3. The Bertz CT molecular complexity index is 440. The molecule has 0 bridgehead atoms. The van der Waals surface area contributed by atoms with Crippen LogP contribution in [-0.4, -0.2) is 11.0 Å². The van der Waals surface area contributed by atoms with E-state index in [1.807, 2.05) is 18.2 Å². The molecule has 1 atom stereocenters. The van der Waals surface area contributed by atoms with Crippen LogP contribution in [0.3, 0.4) is 0 Å². The summed E-state index contributed by atoms with van der Waals surface area (Å²) in [6, 6.07) is 5.73. The molecule has 0 saturated heterocycles. The van der Waals surface area contributed by atoms with Crippen LogP contribution in [0.1, 0.15) is 36.5 Å². The van der Waals surface area contributed by atoms with Gasteiger partial charge in [-0.1, -0.05) is 19.1 Å². The number of aliphatic hydroxyl groups excluding tert-OH is 1. The van der Waals surface area contributed by atoms with Crippen LogP contribution >= 0.6 is 0 Å². The molecule has 0 saturated carbocycles. The molecule has 1 aliphatic carbocycles. The van der Waals surface area contributed by atoms with Crippen molar-refractivity contribution in [2.75, 3.05) is 5.32 Å². The number of nitrogens with one attached hydrogen (secondary N) is 1. The number of fused-ring (bicyclic) bond motifs is 1. The van der Waals surface area contributed by atoms with Crippen molar-refractivity contribution in [1.29, 1.82) is 0 Å². The number of anilines is 1. The standard InChI is InChI=1S/C14H17NO2/c1-2-14(17)15-11-8-7-10-5-3-4-6-13(16)12(10)9-11/h2,7-9,13,16H,1,3-6H2,(H,15,17). The maximum atomic E-state index is 11.2. The molecule has 90 valence electrons. The molecular formula is C14H17NO2. The highest BCUT2D eigenvalue weighted by Gasteiger charge is 2.16.